The highest BCUT2D eigenvalue weighted by Gasteiger charge is 2.12. The van der Waals surface area contributed by atoms with Crippen LogP contribution >= 0.6 is 0 Å². The van der Waals surface area contributed by atoms with Crippen molar-refractivity contribution in [3.8, 4) is 0 Å². The number of nitrogens with one attached hydrogen (secondary N) is 1. The molecule has 0 unspecified atom stereocenters. The topological polar surface area (TPSA) is 75.3 Å². The van der Waals surface area contributed by atoms with Gasteiger partial charge in [-0.3, -0.25) is 4.79 Å². The van der Waals surface area contributed by atoms with E-state index in [9.17, 15) is 4.79 Å². The Morgan fingerprint density at radius 1 is 0.909 bits per heavy atom. The maximum atomic E-state index is 10.8. The van der Waals surface area contributed by atoms with Gasteiger partial charge in [0.15, 0.2) is 0 Å². The predicted molar refractivity (Wildman–Crippen MR) is 80.9 cm³/mol. The van der Waals surface area contributed by atoms with Crippen LogP contribution in [0, 0.1) is 0 Å². The van der Waals surface area contributed by atoms with Crippen molar-refractivity contribution in [3.63, 3.8) is 0 Å². The number of esters is 1. The lowest BCUT2D eigenvalue weighted by Gasteiger charge is -2.22. The van der Waals surface area contributed by atoms with Crippen molar-refractivity contribution in [2.45, 2.75) is 25.4 Å². The quantitative estimate of drug-likeness (QED) is 0.388. The van der Waals surface area contributed by atoms with Crippen LogP contribution in [0.2, 0.25) is 0 Å². The van der Waals surface area contributed by atoms with Gasteiger partial charge in [-0.2, -0.15) is 0 Å². The van der Waals surface area contributed by atoms with Crippen molar-refractivity contribution in [2.75, 3.05) is 66.4 Å². The van der Waals surface area contributed by atoms with Gasteiger partial charge in [0.1, 0.15) is 0 Å². The van der Waals surface area contributed by atoms with E-state index in [1.807, 2.05) is 0 Å². The predicted octanol–water partition coefficient (Wildman–Crippen LogP) is 0.368. The van der Waals surface area contributed by atoms with Crippen molar-refractivity contribution in [1.82, 2.24) is 5.32 Å². The molecule has 1 rings (SSSR count). The highest BCUT2D eigenvalue weighted by atomic mass is 16.6. The van der Waals surface area contributed by atoms with Crippen LogP contribution in [0.25, 0.3) is 0 Å². The summed E-state index contributed by atoms with van der Waals surface area (Å²) in [6.07, 6.45) is 2.82. The fraction of sp³-hybridized carbons (Fsp3) is 0.933. The highest BCUT2D eigenvalue weighted by molar-refractivity contribution is 5.69. The molecule has 7 nitrogen and oxygen atoms in total. The number of rotatable bonds is 13. The first-order valence-corrected chi connectivity index (χ1v) is 7.95. The third kappa shape index (κ3) is 10.9. The molecule has 0 atom stereocenters. The fourth-order valence-electron chi connectivity index (χ4n) is 2.04. The number of piperidine rings is 1. The zero-order valence-electron chi connectivity index (χ0n) is 13.5. The molecule has 0 aromatic carbocycles. The molecule has 1 heterocycles. The molecule has 0 amide bonds. The summed E-state index contributed by atoms with van der Waals surface area (Å²) >= 11 is 0. The first-order chi connectivity index (χ1) is 10.8. The third-order valence-corrected chi connectivity index (χ3v) is 3.29. The van der Waals surface area contributed by atoms with E-state index in [2.05, 4.69) is 10.1 Å². The van der Waals surface area contributed by atoms with E-state index >= 15 is 0 Å². The molecule has 1 fully saturated rings. The first kappa shape index (κ1) is 19.3. The van der Waals surface area contributed by atoms with Crippen LogP contribution in [0.4, 0.5) is 0 Å². The molecule has 0 spiro atoms. The van der Waals surface area contributed by atoms with E-state index in [4.69, 9.17) is 18.9 Å². The molecular formula is C15H29NO6. The number of ether oxygens (including phenoxy) is 5. The highest BCUT2D eigenvalue weighted by Crippen LogP contribution is 2.06. The van der Waals surface area contributed by atoms with Gasteiger partial charge in [-0.05, 0) is 25.9 Å². The zero-order chi connectivity index (χ0) is 15.9. The number of carbonyl (C=O) groups excluding carboxylic acids is 1. The second-order valence-corrected chi connectivity index (χ2v) is 4.98. The Morgan fingerprint density at radius 2 is 1.45 bits per heavy atom. The summed E-state index contributed by atoms with van der Waals surface area (Å²) in [5.41, 5.74) is 0. The molecule has 0 bridgehead atoms. The lowest BCUT2D eigenvalue weighted by molar-refractivity contribution is -0.141. The molecule has 0 saturated carbocycles. The number of carbonyl (C=O) groups is 1. The van der Waals surface area contributed by atoms with E-state index < -0.39 is 0 Å². The molecule has 0 aliphatic carbocycles. The average Bonchev–Trinajstić information content (AvgIpc) is 2.56. The van der Waals surface area contributed by atoms with Gasteiger partial charge >= 0.3 is 5.97 Å². The van der Waals surface area contributed by atoms with Crippen LogP contribution in [0.3, 0.4) is 0 Å². The van der Waals surface area contributed by atoms with E-state index in [1.165, 1.54) is 7.11 Å². The van der Waals surface area contributed by atoms with Gasteiger partial charge in [0.25, 0.3) is 0 Å². The Bertz CT molecular complexity index is 271. The van der Waals surface area contributed by atoms with Crippen LogP contribution in [0.1, 0.15) is 19.3 Å². The number of hydrogen-bond acceptors (Lipinski definition) is 7. The summed E-state index contributed by atoms with van der Waals surface area (Å²) in [5.74, 6) is -0.263. The standard InChI is InChI=1S/C15H29NO6/c1-18-15(17)4-7-19-8-9-20-10-11-21-12-13-22-14-2-5-16-6-3-14/h14,16H,2-13H2,1H3. The van der Waals surface area contributed by atoms with Crippen molar-refractivity contribution in [1.29, 1.82) is 0 Å². The lowest BCUT2D eigenvalue weighted by atomic mass is 10.1. The van der Waals surface area contributed by atoms with Crippen LogP contribution < -0.4 is 5.32 Å². The van der Waals surface area contributed by atoms with Crippen LogP contribution in [0.15, 0.2) is 0 Å². The summed E-state index contributed by atoms with van der Waals surface area (Å²) in [6.45, 7) is 5.74. The fourth-order valence-corrected chi connectivity index (χ4v) is 2.04. The smallest absolute Gasteiger partial charge is 0.307 e. The molecule has 1 aliphatic heterocycles. The van der Waals surface area contributed by atoms with Gasteiger partial charge in [-0.25, -0.2) is 0 Å². The van der Waals surface area contributed by atoms with Crippen LogP contribution in [-0.4, -0.2) is 78.5 Å². The summed E-state index contributed by atoms with van der Waals surface area (Å²) in [4.78, 5) is 10.8. The Labute approximate surface area is 132 Å². The van der Waals surface area contributed by atoms with Crippen molar-refractivity contribution in [2.24, 2.45) is 0 Å². The second kappa shape index (κ2) is 13.9. The zero-order valence-corrected chi connectivity index (χ0v) is 13.5. The molecule has 1 aliphatic rings. The van der Waals surface area contributed by atoms with Crippen LogP contribution in [-0.2, 0) is 28.5 Å². The minimum absolute atomic E-state index is 0.263. The van der Waals surface area contributed by atoms with E-state index in [0.717, 1.165) is 25.9 Å². The maximum Gasteiger partial charge on any atom is 0.307 e. The van der Waals surface area contributed by atoms with Crippen molar-refractivity contribution >= 4 is 5.97 Å². The number of methoxy groups -OCH3 is 1. The lowest BCUT2D eigenvalue weighted by Crippen LogP contribution is -2.33. The molecule has 1 N–H and O–H groups in total. The summed E-state index contributed by atoms with van der Waals surface area (Å²) in [7, 11) is 1.36. The van der Waals surface area contributed by atoms with Crippen LogP contribution in [0.5, 0.6) is 0 Å². The first-order valence-electron chi connectivity index (χ1n) is 7.95. The Morgan fingerprint density at radius 3 is 2.05 bits per heavy atom. The third-order valence-electron chi connectivity index (χ3n) is 3.29. The SMILES string of the molecule is COC(=O)CCOCCOCCOCCOC1CCNCC1. The van der Waals surface area contributed by atoms with Gasteiger partial charge < -0.3 is 29.0 Å². The minimum Gasteiger partial charge on any atom is -0.469 e. The summed E-state index contributed by atoms with van der Waals surface area (Å²) in [6, 6.07) is 0. The van der Waals surface area contributed by atoms with Gasteiger partial charge in [0.2, 0.25) is 0 Å². The Kier molecular flexibility index (Phi) is 12.2. The molecule has 0 aromatic rings. The average molecular weight is 319 g/mol. The van der Waals surface area contributed by atoms with E-state index in [1.54, 1.807) is 0 Å². The van der Waals surface area contributed by atoms with Gasteiger partial charge in [0, 0.05) is 0 Å². The van der Waals surface area contributed by atoms with E-state index in [-0.39, 0.29) is 12.4 Å². The second-order valence-electron chi connectivity index (χ2n) is 4.98. The van der Waals surface area contributed by atoms with Crippen molar-refractivity contribution in [3.05, 3.63) is 0 Å². The maximum absolute atomic E-state index is 10.8. The Hall–Kier alpha value is -0.730. The normalized spacial score (nSPS) is 15.9. The van der Waals surface area contributed by atoms with Gasteiger partial charge in [-0.15, -0.1) is 0 Å². The molecule has 1 saturated heterocycles. The summed E-state index contributed by atoms with van der Waals surface area (Å²) in [5, 5.41) is 3.31. The molecule has 0 radical (unpaired) electrons. The summed E-state index contributed by atoms with van der Waals surface area (Å²) < 4.78 is 26.2. The molecule has 7 heteroatoms. The van der Waals surface area contributed by atoms with E-state index in [0.29, 0.717) is 52.4 Å². The molecular weight excluding hydrogens is 290 g/mol. The number of hydrogen-bond donors (Lipinski definition) is 1. The van der Waals surface area contributed by atoms with Gasteiger partial charge in [0.05, 0.1) is 65.9 Å². The van der Waals surface area contributed by atoms with Crippen molar-refractivity contribution < 1.29 is 28.5 Å². The Balaban J connectivity index is 1.72. The largest absolute Gasteiger partial charge is 0.469 e. The molecule has 22 heavy (non-hydrogen) atoms. The monoisotopic (exact) mass is 319 g/mol. The van der Waals surface area contributed by atoms with Gasteiger partial charge in [-0.1, -0.05) is 0 Å². The molecule has 0 aromatic heterocycles. The molecule has 130 valence electrons. The minimum atomic E-state index is -0.263.